The van der Waals surface area contributed by atoms with Crippen molar-refractivity contribution < 1.29 is 9.53 Å². The first-order valence-corrected chi connectivity index (χ1v) is 4.95. The molecule has 0 aromatic carbocycles. The summed E-state index contributed by atoms with van der Waals surface area (Å²) in [6, 6.07) is 0. The van der Waals surface area contributed by atoms with Gasteiger partial charge in [0.05, 0.1) is 6.61 Å². The van der Waals surface area contributed by atoms with Crippen LogP contribution in [0.15, 0.2) is 18.4 Å². The summed E-state index contributed by atoms with van der Waals surface area (Å²) in [5.74, 6) is 0.669. The third kappa shape index (κ3) is 4.27. The van der Waals surface area contributed by atoms with Crippen LogP contribution >= 0.6 is 11.8 Å². The summed E-state index contributed by atoms with van der Waals surface area (Å²) in [5, 5.41) is -0.243. The van der Waals surface area contributed by atoms with Crippen molar-refractivity contribution in [3.05, 3.63) is 18.4 Å². The smallest absolute Gasteiger partial charge is 0.323 e. The number of esters is 1. The SMILES string of the molecule is C=C=CC(SCC)C(=O)OCC. The molecule has 3 heteroatoms. The molecule has 1 atom stereocenters. The topological polar surface area (TPSA) is 26.3 Å². The Bertz CT molecular complexity index is 183. The normalized spacial score (nSPS) is 11.5. The van der Waals surface area contributed by atoms with Crippen LogP contribution in [0.1, 0.15) is 13.8 Å². The number of hydrogen-bond donors (Lipinski definition) is 0. The Morgan fingerprint density at radius 2 is 2.42 bits per heavy atom. The molecule has 2 nitrogen and oxygen atoms in total. The molecule has 0 aromatic rings. The molecular formula is C9H14O2S. The van der Waals surface area contributed by atoms with E-state index in [0.29, 0.717) is 6.61 Å². The highest BCUT2D eigenvalue weighted by atomic mass is 32.2. The number of thioether (sulfide) groups is 1. The van der Waals surface area contributed by atoms with Gasteiger partial charge in [-0.05, 0) is 18.8 Å². The third-order valence-corrected chi connectivity index (χ3v) is 2.16. The van der Waals surface area contributed by atoms with Gasteiger partial charge in [0.15, 0.2) is 0 Å². The molecule has 0 aliphatic heterocycles. The standard InChI is InChI=1S/C9H14O2S/c1-4-7-8(12-6-3)9(10)11-5-2/h7-8H,1,5-6H2,2-3H3. The van der Waals surface area contributed by atoms with Crippen LogP contribution in [-0.2, 0) is 9.53 Å². The average molecular weight is 186 g/mol. The van der Waals surface area contributed by atoms with E-state index < -0.39 is 0 Å². The van der Waals surface area contributed by atoms with Crippen molar-refractivity contribution in [2.75, 3.05) is 12.4 Å². The van der Waals surface area contributed by atoms with E-state index in [-0.39, 0.29) is 11.2 Å². The van der Waals surface area contributed by atoms with Crippen LogP contribution in [0.3, 0.4) is 0 Å². The molecule has 0 amide bonds. The van der Waals surface area contributed by atoms with Gasteiger partial charge in [-0.2, -0.15) is 0 Å². The van der Waals surface area contributed by atoms with Gasteiger partial charge in [-0.25, -0.2) is 0 Å². The zero-order chi connectivity index (χ0) is 9.40. The molecule has 0 saturated heterocycles. The van der Waals surface area contributed by atoms with Gasteiger partial charge in [0.1, 0.15) is 5.25 Å². The van der Waals surface area contributed by atoms with Gasteiger partial charge >= 0.3 is 5.97 Å². The molecular weight excluding hydrogens is 172 g/mol. The predicted molar refractivity (Wildman–Crippen MR) is 52.3 cm³/mol. The van der Waals surface area contributed by atoms with Crippen molar-refractivity contribution in [1.82, 2.24) is 0 Å². The zero-order valence-corrected chi connectivity index (χ0v) is 8.32. The highest BCUT2D eigenvalue weighted by molar-refractivity contribution is 8.00. The molecule has 0 fully saturated rings. The second-order valence-electron chi connectivity index (χ2n) is 2.00. The van der Waals surface area contributed by atoms with Crippen molar-refractivity contribution in [1.29, 1.82) is 0 Å². The van der Waals surface area contributed by atoms with E-state index in [9.17, 15) is 4.79 Å². The second-order valence-corrected chi connectivity index (χ2v) is 3.42. The molecule has 12 heavy (non-hydrogen) atoms. The fraction of sp³-hybridized carbons (Fsp3) is 0.556. The molecule has 0 spiro atoms. The van der Waals surface area contributed by atoms with Gasteiger partial charge in [0.25, 0.3) is 0 Å². The maximum absolute atomic E-state index is 11.2. The molecule has 0 N–H and O–H groups in total. The van der Waals surface area contributed by atoms with Crippen LogP contribution in [0, 0.1) is 0 Å². The molecule has 0 aliphatic carbocycles. The number of hydrogen-bond acceptors (Lipinski definition) is 3. The number of carbonyl (C=O) groups excluding carboxylic acids is 1. The van der Waals surface area contributed by atoms with Crippen molar-refractivity contribution in [3.63, 3.8) is 0 Å². The average Bonchev–Trinajstić information content (AvgIpc) is 2.04. The largest absolute Gasteiger partial charge is 0.465 e. The molecule has 0 rings (SSSR count). The molecule has 0 radical (unpaired) electrons. The predicted octanol–water partition coefficient (Wildman–Crippen LogP) is 2.01. The third-order valence-electron chi connectivity index (χ3n) is 1.13. The Morgan fingerprint density at radius 3 is 2.83 bits per heavy atom. The van der Waals surface area contributed by atoms with Gasteiger partial charge in [-0.1, -0.05) is 13.5 Å². The summed E-state index contributed by atoms with van der Waals surface area (Å²) in [7, 11) is 0. The highest BCUT2D eigenvalue weighted by Gasteiger charge is 2.15. The molecule has 68 valence electrons. The van der Waals surface area contributed by atoms with Gasteiger partial charge in [0.2, 0.25) is 0 Å². The Morgan fingerprint density at radius 1 is 1.75 bits per heavy atom. The fourth-order valence-corrected chi connectivity index (χ4v) is 1.45. The number of rotatable bonds is 5. The minimum atomic E-state index is -0.243. The molecule has 0 saturated carbocycles. The summed E-state index contributed by atoms with van der Waals surface area (Å²) >= 11 is 1.52. The van der Waals surface area contributed by atoms with Crippen LogP contribution in [0.25, 0.3) is 0 Å². The zero-order valence-electron chi connectivity index (χ0n) is 7.50. The van der Waals surface area contributed by atoms with Crippen LogP contribution in [0.5, 0.6) is 0 Å². The van der Waals surface area contributed by atoms with E-state index in [0.717, 1.165) is 5.75 Å². The lowest BCUT2D eigenvalue weighted by Crippen LogP contribution is -2.18. The highest BCUT2D eigenvalue weighted by Crippen LogP contribution is 2.12. The minimum absolute atomic E-state index is 0.208. The van der Waals surface area contributed by atoms with E-state index >= 15 is 0 Å². The maximum atomic E-state index is 11.2. The minimum Gasteiger partial charge on any atom is -0.465 e. The van der Waals surface area contributed by atoms with Crippen molar-refractivity contribution in [2.45, 2.75) is 19.1 Å². The first kappa shape index (κ1) is 11.3. The van der Waals surface area contributed by atoms with Gasteiger partial charge < -0.3 is 4.74 Å². The van der Waals surface area contributed by atoms with Gasteiger partial charge in [-0.3, -0.25) is 4.79 Å². The van der Waals surface area contributed by atoms with Crippen LogP contribution < -0.4 is 0 Å². The Labute approximate surface area is 77.7 Å². The molecule has 0 bridgehead atoms. The lowest BCUT2D eigenvalue weighted by Gasteiger charge is -2.08. The molecule has 0 heterocycles. The Hall–Kier alpha value is -0.660. The van der Waals surface area contributed by atoms with E-state index in [2.05, 4.69) is 12.3 Å². The van der Waals surface area contributed by atoms with Crippen molar-refractivity contribution >= 4 is 17.7 Å². The van der Waals surface area contributed by atoms with E-state index in [4.69, 9.17) is 4.74 Å². The van der Waals surface area contributed by atoms with Crippen LogP contribution in [-0.4, -0.2) is 23.6 Å². The molecule has 0 aromatic heterocycles. The summed E-state index contributed by atoms with van der Waals surface area (Å²) in [6.45, 7) is 7.63. The quantitative estimate of drug-likeness (QED) is 0.485. The fourth-order valence-electron chi connectivity index (χ4n) is 0.695. The Kier molecular flexibility index (Phi) is 6.63. The van der Waals surface area contributed by atoms with Crippen LogP contribution in [0.4, 0.5) is 0 Å². The lowest BCUT2D eigenvalue weighted by atomic mass is 10.4. The maximum Gasteiger partial charge on any atom is 0.323 e. The first-order chi connectivity index (χ1) is 5.76. The summed E-state index contributed by atoms with van der Waals surface area (Å²) in [6.07, 6.45) is 1.63. The molecule has 0 aliphatic rings. The van der Waals surface area contributed by atoms with E-state index in [1.165, 1.54) is 11.8 Å². The summed E-state index contributed by atoms with van der Waals surface area (Å²) in [4.78, 5) is 11.2. The Balaban J connectivity index is 4.08. The van der Waals surface area contributed by atoms with Gasteiger partial charge in [-0.15, -0.1) is 17.5 Å². The first-order valence-electron chi connectivity index (χ1n) is 3.90. The summed E-state index contributed by atoms with van der Waals surface area (Å²) < 4.78 is 4.85. The van der Waals surface area contributed by atoms with Crippen molar-refractivity contribution in [2.24, 2.45) is 0 Å². The number of carbonyl (C=O) groups is 1. The van der Waals surface area contributed by atoms with Gasteiger partial charge in [0, 0.05) is 0 Å². The molecule has 1 unspecified atom stereocenters. The monoisotopic (exact) mass is 186 g/mol. The number of ether oxygens (including phenoxy) is 1. The lowest BCUT2D eigenvalue weighted by molar-refractivity contribution is -0.141. The van der Waals surface area contributed by atoms with Crippen LogP contribution in [0.2, 0.25) is 0 Å². The van der Waals surface area contributed by atoms with Crippen molar-refractivity contribution in [3.8, 4) is 0 Å². The summed E-state index contributed by atoms with van der Waals surface area (Å²) in [5.41, 5.74) is 2.60. The van der Waals surface area contributed by atoms with E-state index in [1.807, 2.05) is 6.92 Å². The van der Waals surface area contributed by atoms with E-state index in [1.54, 1.807) is 13.0 Å². The second kappa shape index (κ2) is 7.01.